The van der Waals surface area contributed by atoms with E-state index < -0.39 is 11.9 Å². The summed E-state index contributed by atoms with van der Waals surface area (Å²) in [6, 6.07) is 8.81. The van der Waals surface area contributed by atoms with E-state index in [1.807, 2.05) is 0 Å². The van der Waals surface area contributed by atoms with Gasteiger partial charge in [0, 0.05) is 41.4 Å². The van der Waals surface area contributed by atoms with E-state index in [1.54, 1.807) is 28.0 Å². The van der Waals surface area contributed by atoms with E-state index in [0.717, 1.165) is 5.56 Å². The van der Waals surface area contributed by atoms with Crippen molar-refractivity contribution in [1.29, 1.82) is 0 Å². The Morgan fingerprint density at radius 2 is 1.77 bits per heavy atom. The number of phenolic OH excluding ortho intramolecular Hbond substituents is 1. The van der Waals surface area contributed by atoms with Crippen molar-refractivity contribution >= 4 is 45.4 Å². The minimum atomic E-state index is -1.15. The molecular weight excluding hydrogens is 520 g/mol. The van der Waals surface area contributed by atoms with Gasteiger partial charge in [-0.15, -0.1) is 0 Å². The molecule has 0 saturated carbocycles. The van der Waals surface area contributed by atoms with E-state index in [9.17, 15) is 24.3 Å². The first-order chi connectivity index (χ1) is 16.7. The van der Waals surface area contributed by atoms with Gasteiger partial charge in [-0.05, 0) is 61.2 Å². The molecule has 184 valence electrons. The molecule has 4 N–H and O–H groups in total. The molecule has 4 amide bonds. The van der Waals surface area contributed by atoms with Crippen LogP contribution in [-0.2, 0) is 11.2 Å². The highest BCUT2D eigenvalue weighted by Crippen LogP contribution is 2.27. The molecule has 0 bridgehead atoms. The van der Waals surface area contributed by atoms with E-state index in [2.05, 4.69) is 26.6 Å². The third kappa shape index (κ3) is 5.73. The molecule has 2 aromatic rings. The maximum Gasteiger partial charge on any atom is 0.335 e. The van der Waals surface area contributed by atoms with Crippen LogP contribution in [0.5, 0.6) is 5.75 Å². The number of halogens is 1. The van der Waals surface area contributed by atoms with Gasteiger partial charge < -0.3 is 30.6 Å². The molecule has 0 aliphatic carbocycles. The number of urea groups is 1. The summed E-state index contributed by atoms with van der Waals surface area (Å²) in [5.41, 5.74) is 1.69. The van der Waals surface area contributed by atoms with Crippen LogP contribution >= 0.6 is 15.9 Å². The van der Waals surface area contributed by atoms with Crippen molar-refractivity contribution in [2.45, 2.75) is 25.3 Å². The topological polar surface area (TPSA) is 139 Å². The maximum absolute atomic E-state index is 12.8. The Hall–Kier alpha value is -3.60. The number of fused-ring (bicyclic) bond motifs is 1. The smallest absolute Gasteiger partial charge is 0.335 e. The second kappa shape index (κ2) is 10.3. The molecule has 11 heteroatoms. The predicted molar refractivity (Wildman–Crippen MR) is 131 cm³/mol. The molecule has 2 aliphatic rings. The van der Waals surface area contributed by atoms with Crippen molar-refractivity contribution in [3.05, 3.63) is 57.6 Å². The number of piperidine rings is 1. The van der Waals surface area contributed by atoms with Gasteiger partial charge in [0.25, 0.3) is 5.91 Å². The zero-order valence-corrected chi connectivity index (χ0v) is 20.4. The maximum atomic E-state index is 12.8. The van der Waals surface area contributed by atoms with Gasteiger partial charge in [-0.2, -0.15) is 0 Å². The number of carbonyl (C=O) groups excluding carboxylic acids is 3. The molecule has 0 unspecified atom stereocenters. The number of phenols is 1. The summed E-state index contributed by atoms with van der Waals surface area (Å²) in [7, 11) is 0. The first-order valence-corrected chi connectivity index (χ1v) is 12.0. The number of nitrogens with one attached hydrogen (secondary N) is 2. The molecule has 0 radical (unpaired) electrons. The van der Waals surface area contributed by atoms with E-state index in [-0.39, 0.29) is 41.4 Å². The fourth-order valence-electron chi connectivity index (χ4n) is 4.43. The van der Waals surface area contributed by atoms with Gasteiger partial charge in [-0.3, -0.25) is 9.59 Å². The number of carbonyl (C=O) groups is 4. The quantitative estimate of drug-likeness (QED) is 0.426. The first kappa shape index (κ1) is 24.5. The van der Waals surface area contributed by atoms with E-state index in [0.29, 0.717) is 49.1 Å². The van der Waals surface area contributed by atoms with Crippen LogP contribution in [-0.4, -0.2) is 76.0 Å². The number of hydrogen-bond acceptors (Lipinski definition) is 5. The van der Waals surface area contributed by atoms with Gasteiger partial charge in [0.2, 0.25) is 5.91 Å². The van der Waals surface area contributed by atoms with Crippen molar-refractivity contribution in [1.82, 2.24) is 15.1 Å². The lowest BCUT2D eigenvalue weighted by Crippen LogP contribution is -2.51. The van der Waals surface area contributed by atoms with Gasteiger partial charge >= 0.3 is 12.0 Å². The fourth-order valence-corrected chi connectivity index (χ4v) is 4.92. The molecule has 2 aliphatic heterocycles. The highest BCUT2D eigenvalue weighted by atomic mass is 79.9. The Bertz CT molecular complexity index is 1180. The molecule has 0 atom stereocenters. The molecule has 35 heavy (non-hydrogen) atoms. The average Bonchev–Trinajstić information content (AvgIpc) is 2.99. The number of benzene rings is 2. The first-order valence-electron chi connectivity index (χ1n) is 11.2. The number of nitrogens with zero attached hydrogens (tertiary/aromatic N) is 2. The SMILES string of the molecule is O=C(O)c1cc(Br)cc(C(=O)NCC(=O)N2CCC(N3CCc4cc(O)ccc4NC3=O)CC2)c1. The second-order valence-corrected chi connectivity index (χ2v) is 9.46. The van der Waals surface area contributed by atoms with Crippen LogP contribution < -0.4 is 10.6 Å². The predicted octanol–water partition coefficient (Wildman–Crippen LogP) is 2.66. The highest BCUT2D eigenvalue weighted by molar-refractivity contribution is 9.10. The van der Waals surface area contributed by atoms with Crippen molar-refractivity contribution in [3.8, 4) is 5.75 Å². The van der Waals surface area contributed by atoms with Crippen LogP contribution in [0.4, 0.5) is 10.5 Å². The van der Waals surface area contributed by atoms with E-state index >= 15 is 0 Å². The van der Waals surface area contributed by atoms with Crippen molar-refractivity contribution in [3.63, 3.8) is 0 Å². The number of likely N-dealkylation sites (tertiary alicyclic amines) is 1. The van der Waals surface area contributed by atoms with Gasteiger partial charge in [-0.1, -0.05) is 15.9 Å². The van der Waals surface area contributed by atoms with Crippen LogP contribution in [0.15, 0.2) is 40.9 Å². The van der Waals surface area contributed by atoms with Crippen molar-refractivity contribution in [2.24, 2.45) is 0 Å². The minimum absolute atomic E-state index is 0.0207. The number of hydrogen-bond donors (Lipinski definition) is 4. The van der Waals surface area contributed by atoms with E-state index in [4.69, 9.17) is 5.11 Å². The van der Waals surface area contributed by atoms with Crippen LogP contribution in [0, 0.1) is 0 Å². The number of aromatic hydroxyl groups is 1. The highest BCUT2D eigenvalue weighted by Gasteiger charge is 2.31. The van der Waals surface area contributed by atoms with Crippen molar-refractivity contribution in [2.75, 3.05) is 31.5 Å². The normalized spacial score (nSPS) is 16.2. The second-order valence-electron chi connectivity index (χ2n) is 8.54. The standard InChI is InChI=1S/C24H25BrN4O6/c25-17-10-15(9-16(11-17)23(33)34)22(32)26-13-21(31)28-6-4-18(5-7-28)29-8-3-14-12-19(30)1-2-20(14)27-24(29)35/h1-2,9-12,18,30H,3-8,13H2,(H,26,32)(H,27,35)(H,33,34). The molecule has 2 aromatic carbocycles. The Morgan fingerprint density at radius 3 is 2.49 bits per heavy atom. The number of carboxylic acid groups (broad SMARTS) is 1. The van der Waals surface area contributed by atoms with Crippen LogP contribution in [0.2, 0.25) is 0 Å². The summed E-state index contributed by atoms with van der Waals surface area (Å²) in [6.45, 7) is 1.22. The van der Waals surface area contributed by atoms with Gasteiger partial charge in [0.15, 0.2) is 0 Å². The average molecular weight is 545 g/mol. The lowest BCUT2D eigenvalue weighted by Gasteiger charge is -2.38. The molecule has 10 nitrogen and oxygen atoms in total. The Morgan fingerprint density at radius 1 is 1.06 bits per heavy atom. The number of aromatic carboxylic acids is 1. The molecule has 0 aromatic heterocycles. The van der Waals surface area contributed by atoms with Crippen LogP contribution in [0.1, 0.15) is 39.1 Å². The Kier molecular flexibility index (Phi) is 7.25. The van der Waals surface area contributed by atoms with Crippen LogP contribution in [0.3, 0.4) is 0 Å². The number of anilines is 1. The number of amides is 4. The summed E-state index contributed by atoms with van der Waals surface area (Å²) >= 11 is 3.19. The molecule has 1 saturated heterocycles. The summed E-state index contributed by atoms with van der Waals surface area (Å²) in [5, 5.41) is 24.3. The molecular formula is C24H25BrN4O6. The molecule has 1 fully saturated rings. The molecule has 4 rings (SSSR count). The molecule has 0 spiro atoms. The summed E-state index contributed by atoms with van der Waals surface area (Å²) in [4.78, 5) is 52.5. The lowest BCUT2D eigenvalue weighted by molar-refractivity contribution is -0.131. The van der Waals surface area contributed by atoms with E-state index in [1.165, 1.54) is 18.2 Å². The zero-order chi connectivity index (χ0) is 25.1. The number of carboxylic acids is 1. The van der Waals surface area contributed by atoms with Gasteiger partial charge in [0.1, 0.15) is 5.75 Å². The third-order valence-electron chi connectivity index (χ3n) is 6.28. The summed E-state index contributed by atoms with van der Waals surface area (Å²) < 4.78 is 0.452. The monoisotopic (exact) mass is 544 g/mol. The summed E-state index contributed by atoms with van der Waals surface area (Å²) in [6.07, 6.45) is 1.84. The minimum Gasteiger partial charge on any atom is -0.508 e. The lowest BCUT2D eigenvalue weighted by atomic mass is 10.0. The zero-order valence-electron chi connectivity index (χ0n) is 18.8. The fraction of sp³-hybridized carbons (Fsp3) is 0.333. The van der Waals surface area contributed by atoms with Crippen LogP contribution in [0.25, 0.3) is 0 Å². The van der Waals surface area contributed by atoms with Crippen molar-refractivity contribution < 1.29 is 29.4 Å². The number of rotatable bonds is 5. The summed E-state index contributed by atoms with van der Waals surface area (Å²) in [5.74, 6) is -1.77. The molecule has 2 heterocycles. The largest absolute Gasteiger partial charge is 0.508 e. The Labute approximate surface area is 210 Å². The Balaban J connectivity index is 1.29. The third-order valence-corrected chi connectivity index (χ3v) is 6.74. The van der Waals surface area contributed by atoms with Gasteiger partial charge in [0.05, 0.1) is 12.1 Å². The van der Waals surface area contributed by atoms with Gasteiger partial charge in [-0.25, -0.2) is 9.59 Å².